The summed E-state index contributed by atoms with van der Waals surface area (Å²) in [5.41, 5.74) is 6.50. The van der Waals surface area contributed by atoms with Crippen LogP contribution in [0.5, 0.6) is 0 Å². The smallest absolute Gasteiger partial charge is 0.0641 e. The predicted molar refractivity (Wildman–Crippen MR) is 79.3 cm³/mol. The molecule has 0 aliphatic carbocycles. The van der Waals surface area contributed by atoms with Gasteiger partial charge in [0.1, 0.15) is 0 Å². The van der Waals surface area contributed by atoms with E-state index in [9.17, 15) is 0 Å². The highest BCUT2D eigenvalue weighted by molar-refractivity contribution is 5.26. The van der Waals surface area contributed by atoms with E-state index in [1.54, 1.807) is 0 Å². The number of nitrogens with one attached hydrogen (secondary N) is 1. The number of aromatic nitrogens is 2. The summed E-state index contributed by atoms with van der Waals surface area (Å²) < 4.78 is 1.95. The van der Waals surface area contributed by atoms with Crippen LogP contribution in [0.1, 0.15) is 28.1 Å². The summed E-state index contributed by atoms with van der Waals surface area (Å²) in [5, 5.41) is 7.96. The summed E-state index contributed by atoms with van der Waals surface area (Å²) in [5.74, 6) is 0. The summed E-state index contributed by atoms with van der Waals surface area (Å²) in [6.07, 6.45) is 1.07. The summed E-state index contributed by atoms with van der Waals surface area (Å²) in [7, 11) is 2.00. The average Bonchev–Trinajstić information content (AvgIpc) is 2.62. The minimum absolute atomic E-state index is 0.900. The zero-order chi connectivity index (χ0) is 13.8. The topological polar surface area (TPSA) is 29.9 Å². The number of aryl methyl sites for hydroxylation is 3. The van der Waals surface area contributed by atoms with E-state index in [0.29, 0.717) is 0 Å². The number of nitrogens with zero attached hydrogens (tertiary/aromatic N) is 2. The van der Waals surface area contributed by atoms with Crippen molar-refractivity contribution >= 4 is 0 Å². The molecule has 0 aliphatic rings. The van der Waals surface area contributed by atoms with Gasteiger partial charge in [0.2, 0.25) is 0 Å². The van der Waals surface area contributed by atoms with Crippen LogP contribution < -0.4 is 5.32 Å². The Labute approximate surface area is 115 Å². The Morgan fingerprint density at radius 2 is 1.89 bits per heavy atom. The molecule has 0 atom stereocenters. The van der Waals surface area contributed by atoms with Crippen LogP contribution >= 0.6 is 0 Å². The van der Waals surface area contributed by atoms with Crippen LogP contribution in [0.3, 0.4) is 0 Å². The Balaban J connectivity index is 1.86. The highest BCUT2D eigenvalue weighted by atomic mass is 15.3. The lowest BCUT2D eigenvalue weighted by molar-refractivity contribution is 0.678. The molecule has 0 saturated carbocycles. The molecule has 1 aromatic heterocycles. The molecule has 102 valence electrons. The number of hydrogen-bond acceptors (Lipinski definition) is 2. The molecule has 0 unspecified atom stereocenters. The monoisotopic (exact) mass is 257 g/mol. The molecule has 0 aliphatic heterocycles. The maximum atomic E-state index is 4.44. The van der Waals surface area contributed by atoms with Crippen LogP contribution in [0.4, 0.5) is 0 Å². The third-order valence-electron chi connectivity index (χ3n) is 3.79. The van der Waals surface area contributed by atoms with Crippen molar-refractivity contribution in [1.29, 1.82) is 0 Å². The molecule has 1 N–H and O–H groups in total. The van der Waals surface area contributed by atoms with Crippen molar-refractivity contribution in [3.63, 3.8) is 0 Å². The molecule has 0 saturated heterocycles. The Morgan fingerprint density at radius 1 is 1.16 bits per heavy atom. The van der Waals surface area contributed by atoms with E-state index in [0.717, 1.165) is 25.2 Å². The zero-order valence-corrected chi connectivity index (χ0v) is 12.3. The fourth-order valence-electron chi connectivity index (χ4n) is 2.40. The van der Waals surface area contributed by atoms with Crippen LogP contribution in [0, 0.1) is 20.8 Å². The Bertz CT molecular complexity index is 555. The van der Waals surface area contributed by atoms with Gasteiger partial charge in [-0.2, -0.15) is 5.10 Å². The standard InChI is InChI=1S/C16H23N3/c1-12-7-5-6-8-15(12)9-10-17-11-16-13(2)18-19(4)14(16)3/h5-8,17H,9-11H2,1-4H3. The fourth-order valence-corrected chi connectivity index (χ4v) is 2.40. The van der Waals surface area contributed by atoms with Gasteiger partial charge in [0.15, 0.2) is 0 Å². The molecular formula is C16H23N3. The molecule has 2 rings (SSSR count). The van der Waals surface area contributed by atoms with Gasteiger partial charge in [-0.15, -0.1) is 0 Å². The van der Waals surface area contributed by atoms with Gasteiger partial charge in [-0.05, 0) is 44.9 Å². The van der Waals surface area contributed by atoms with Gasteiger partial charge in [0.25, 0.3) is 0 Å². The van der Waals surface area contributed by atoms with Crippen molar-refractivity contribution in [3.05, 3.63) is 52.3 Å². The van der Waals surface area contributed by atoms with E-state index >= 15 is 0 Å². The summed E-state index contributed by atoms with van der Waals surface area (Å²) in [6, 6.07) is 8.58. The Morgan fingerprint density at radius 3 is 2.53 bits per heavy atom. The van der Waals surface area contributed by atoms with Crippen molar-refractivity contribution in [2.24, 2.45) is 7.05 Å². The molecule has 0 spiro atoms. The number of rotatable bonds is 5. The maximum Gasteiger partial charge on any atom is 0.0641 e. The fraction of sp³-hybridized carbons (Fsp3) is 0.438. The van der Waals surface area contributed by atoms with Crippen LogP contribution in [-0.4, -0.2) is 16.3 Å². The third-order valence-corrected chi connectivity index (χ3v) is 3.79. The van der Waals surface area contributed by atoms with E-state index < -0.39 is 0 Å². The van der Waals surface area contributed by atoms with Crippen molar-refractivity contribution in [2.45, 2.75) is 33.7 Å². The van der Waals surface area contributed by atoms with Crippen LogP contribution in [0.15, 0.2) is 24.3 Å². The van der Waals surface area contributed by atoms with Gasteiger partial charge in [0.05, 0.1) is 5.69 Å². The molecule has 1 heterocycles. The van der Waals surface area contributed by atoms with Crippen molar-refractivity contribution in [1.82, 2.24) is 15.1 Å². The second-order valence-corrected chi connectivity index (χ2v) is 5.13. The van der Waals surface area contributed by atoms with E-state index in [4.69, 9.17) is 0 Å². The van der Waals surface area contributed by atoms with Gasteiger partial charge < -0.3 is 5.32 Å². The van der Waals surface area contributed by atoms with Gasteiger partial charge in [-0.1, -0.05) is 24.3 Å². The second kappa shape index (κ2) is 6.02. The van der Waals surface area contributed by atoms with Crippen molar-refractivity contribution < 1.29 is 0 Å². The van der Waals surface area contributed by atoms with Gasteiger partial charge in [-0.3, -0.25) is 4.68 Å². The van der Waals surface area contributed by atoms with Gasteiger partial charge in [-0.25, -0.2) is 0 Å². The Kier molecular flexibility index (Phi) is 4.38. The Hall–Kier alpha value is -1.61. The lowest BCUT2D eigenvalue weighted by Gasteiger charge is -2.07. The normalized spacial score (nSPS) is 10.9. The minimum Gasteiger partial charge on any atom is -0.312 e. The maximum absolute atomic E-state index is 4.44. The molecule has 3 heteroatoms. The van der Waals surface area contributed by atoms with Crippen molar-refractivity contribution in [3.8, 4) is 0 Å². The summed E-state index contributed by atoms with van der Waals surface area (Å²) in [4.78, 5) is 0. The summed E-state index contributed by atoms with van der Waals surface area (Å²) >= 11 is 0. The second-order valence-electron chi connectivity index (χ2n) is 5.13. The molecule has 19 heavy (non-hydrogen) atoms. The molecule has 0 amide bonds. The highest BCUT2D eigenvalue weighted by Gasteiger charge is 2.08. The predicted octanol–water partition coefficient (Wildman–Crippen LogP) is 2.68. The van der Waals surface area contributed by atoms with Gasteiger partial charge in [0, 0.05) is 24.8 Å². The SMILES string of the molecule is Cc1ccccc1CCNCc1c(C)nn(C)c1C. The molecule has 1 aromatic carbocycles. The first-order valence-corrected chi connectivity index (χ1v) is 6.84. The molecular weight excluding hydrogens is 234 g/mol. The van der Waals surface area contributed by atoms with Crippen LogP contribution in [0.25, 0.3) is 0 Å². The average molecular weight is 257 g/mol. The molecule has 2 aromatic rings. The van der Waals surface area contributed by atoms with Crippen LogP contribution in [-0.2, 0) is 20.0 Å². The lowest BCUT2D eigenvalue weighted by atomic mass is 10.1. The highest BCUT2D eigenvalue weighted by Crippen LogP contribution is 2.11. The van der Waals surface area contributed by atoms with Gasteiger partial charge >= 0.3 is 0 Å². The van der Waals surface area contributed by atoms with E-state index in [1.807, 2.05) is 11.7 Å². The largest absolute Gasteiger partial charge is 0.312 e. The molecule has 3 nitrogen and oxygen atoms in total. The first-order chi connectivity index (χ1) is 9.09. The molecule has 0 fully saturated rings. The van der Waals surface area contributed by atoms with Crippen molar-refractivity contribution in [2.75, 3.05) is 6.54 Å². The molecule has 0 bridgehead atoms. The van der Waals surface area contributed by atoms with E-state index in [-0.39, 0.29) is 0 Å². The number of hydrogen-bond donors (Lipinski definition) is 1. The van der Waals surface area contributed by atoms with E-state index in [1.165, 1.54) is 22.4 Å². The first kappa shape index (κ1) is 13.8. The zero-order valence-electron chi connectivity index (χ0n) is 12.3. The first-order valence-electron chi connectivity index (χ1n) is 6.84. The lowest BCUT2D eigenvalue weighted by Crippen LogP contribution is -2.18. The molecule has 0 radical (unpaired) electrons. The van der Waals surface area contributed by atoms with E-state index in [2.05, 4.69) is 55.5 Å². The third kappa shape index (κ3) is 3.24. The number of benzene rings is 1. The minimum atomic E-state index is 0.900. The quantitative estimate of drug-likeness (QED) is 0.835. The van der Waals surface area contributed by atoms with Crippen LogP contribution in [0.2, 0.25) is 0 Å². The summed E-state index contributed by atoms with van der Waals surface area (Å²) in [6.45, 7) is 8.27.